The number of phenolic OH excluding ortho intramolecular Hbond substituents is 1. The van der Waals surface area contributed by atoms with Gasteiger partial charge in [0, 0.05) is 23.9 Å². The number of aromatic hydroxyl groups is 1. The molecular formula is C29H41N3O4. The van der Waals surface area contributed by atoms with Crippen LogP contribution in [-0.2, 0) is 10.2 Å². The number of phenols is 1. The number of nitrogens with two attached hydrogens (primary N) is 1. The summed E-state index contributed by atoms with van der Waals surface area (Å²) in [4.78, 5) is 30.3. The SMILES string of the molecule is COc1cc(N(C(=O)[C@@H](C)N)C(=O)N(CCC2CCCCC2)c2ccccc2)c(O)c(C(C)(C)C)c1. The second kappa shape index (κ2) is 11.8. The van der Waals surface area contributed by atoms with Gasteiger partial charge in [0.15, 0.2) is 0 Å². The lowest BCUT2D eigenvalue weighted by Crippen LogP contribution is -2.52. The number of benzene rings is 2. The van der Waals surface area contributed by atoms with Crippen molar-refractivity contribution in [1.29, 1.82) is 0 Å². The first-order valence-corrected chi connectivity index (χ1v) is 12.9. The van der Waals surface area contributed by atoms with Gasteiger partial charge in [-0.1, -0.05) is 71.1 Å². The second-order valence-corrected chi connectivity index (χ2v) is 10.8. The summed E-state index contributed by atoms with van der Waals surface area (Å²) in [5, 5.41) is 11.3. The molecule has 0 saturated heterocycles. The summed E-state index contributed by atoms with van der Waals surface area (Å²) in [6, 6.07) is 11.1. The molecule has 1 saturated carbocycles. The van der Waals surface area contributed by atoms with Crippen molar-refractivity contribution in [2.75, 3.05) is 23.5 Å². The number of nitrogens with zero attached hydrogens (tertiary/aromatic N) is 2. The van der Waals surface area contributed by atoms with E-state index in [4.69, 9.17) is 10.5 Å². The largest absolute Gasteiger partial charge is 0.505 e. The quantitative estimate of drug-likeness (QED) is 0.493. The van der Waals surface area contributed by atoms with Gasteiger partial charge in [-0.15, -0.1) is 0 Å². The van der Waals surface area contributed by atoms with E-state index < -0.39 is 23.4 Å². The number of carbonyl (C=O) groups excluding carboxylic acids is 2. The lowest BCUT2D eigenvalue weighted by molar-refractivity contribution is -0.118. The lowest BCUT2D eigenvalue weighted by Gasteiger charge is -2.33. The van der Waals surface area contributed by atoms with Gasteiger partial charge >= 0.3 is 6.03 Å². The zero-order valence-corrected chi connectivity index (χ0v) is 22.3. The van der Waals surface area contributed by atoms with Gasteiger partial charge in [-0.3, -0.25) is 9.69 Å². The van der Waals surface area contributed by atoms with E-state index in [0.29, 0.717) is 29.5 Å². The van der Waals surface area contributed by atoms with Crippen LogP contribution in [0.2, 0.25) is 0 Å². The van der Waals surface area contributed by atoms with Crippen molar-refractivity contribution in [3.05, 3.63) is 48.0 Å². The van der Waals surface area contributed by atoms with Crippen molar-refractivity contribution in [2.45, 2.75) is 77.7 Å². The molecule has 0 unspecified atom stereocenters. The van der Waals surface area contributed by atoms with Crippen molar-refractivity contribution >= 4 is 23.3 Å². The molecule has 7 heteroatoms. The number of methoxy groups -OCH3 is 1. The van der Waals surface area contributed by atoms with Crippen molar-refractivity contribution in [2.24, 2.45) is 11.7 Å². The van der Waals surface area contributed by atoms with Crippen LogP contribution in [0.25, 0.3) is 0 Å². The molecule has 1 aliphatic carbocycles. The van der Waals surface area contributed by atoms with Gasteiger partial charge in [-0.2, -0.15) is 0 Å². The predicted molar refractivity (Wildman–Crippen MR) is 145 cm³/mol. The fourth-order valence-corrected chi connectivity index (χ4v) is 4.82. The highest BCUT2D eigenvalue weighted by Crippen LogP contribution is 2.42. The number of hydrogen-bond donors (Lipinski definition) is 2. The molecule has 2 aromatic rings. The Hall–Kier alpha value is -3.06. The van der Waals surface area contributed by atoms with Crippen molar-refractivity contribution < 1.29 is 19.4 Å². The van der Waals surface area contributed by atoms with Crippen LogP contribution in [0.5, 0.6) is 11.5 Å². The van der Waals surface area contributed by atoms with Crippen LogP contribution in [0.4, 0.5) is 16.2 Å². The number of imide groups is 1. The highest BCUT2D eigenvalue weighted by Gasteiger charge is 2.35. The molecule has 1 fully saturated rings. The number of urea groups is 1. The highest BCUT2D eigenvalue weighted by atomic mass is 16.5. The Morgan fingerprint density at radius 1 is 1.11 bits per heavy atom. The van der Waals surface area contributed by atoms with E-state index in [1.165, 1.54) is 32.4 Å². The number of rotatable bonds is 7. The summed E-state index contributed by atoms with van der Waals surface area (Å²) >= 11 is 0. The van der Waals surface area contributed by atoms with Crippen LogP contribution in [-0.4, -0.2) is 36.7 Å². The Kier molecular flexibility index (Phi) is 9.01. The summed E-state index contributed by atoms with van der Waals surface area (Å²) < 4.78 is 5.48. The van der Waals surface area contributed by atoms with Crippen molar-refractivity contribution in [3.63, 3.8) is 0 Å². The van der Waals surface area contributed by atoms with E-state index in [-0.39, 0.29) is 11.4 Å². The third kappa shape index (κ3) is 6.38. The highest BCUT2D eigenvalue weighted by molar-refractivity contribution is 6.21. The maximum absolute atomic E-state index is 14.2. The normalized spacial score (nSPS) is 15.3. The minimum atomic E-state index is -0.950. The smallest absolute Gasteiger partial charge is 0.336 e. The van der Waals surface area contributed by atoms with Crippen LogP contribution in [0.15, 0.2) is 42.5 Å². The van der Waals surface area contributed by atoms with Crippen molar-refractivity contribution in [3.8, 4) is 11.5 Å². The molecule has 2 aromatic carbocycles. The van der Waals surface area contributed by atoms with E-state index >= 15 is 0 Å². The lowest BCUT2D eigenvalue weighted by atomic mass is 9.85. The number of amides is 3. The standard InChI is InChI=1S/C29H41N3O4/c1-20(30)27(34)32(25-19-23(36-5)18-24(26(25)33)29(2,3)4)28(35)31(22-14-10-7-11-15-22)17-16-21-12-8-6-9-13-21/h7,10-11,14-15,18-21,33H,6,8-9,12-13,16-17,30H2,1-5H3/t20-/m1/s1. The summed E-state index contributed by atoms with van der Waals surface area (Å²) in [5.41, 5.74) is 6.89. The minimum absolute atomic E-state index is 0.0742. The van der Waals surface area contributed by atoms with Crippen LogP contribution in [0.3, 0.4) is 0 Å². The molecule has 3 amide bonds. The first-order valence-electron chi connectivity index (χ1n) is 12.9. The monoisotopic (exact) mass is 495 g/mol. The van der Waals surface area contributed by atoms with Gasteiger partial charge in [-0.05, 0) is 42.9 Å². The maximum atomic E-state index is 14.2. The Balaban J connectivity index is 2.09. The molecule has 0 bridgehead atoms. The molecule has 1 aliphatic rings. The predicted octanol–water partition coefficient (Wildman–Crippen LogP) is 5.98. The fraction of sp³-hybridized carbons (Fsp3) is 0.517. The number of para-hydroxylation sites is 1. The molecule has 3 N–H and O–H groups in total. The Morgan fingerprint density at radius 3 is 2.31 bits per heavy atom. The number of carbonyl (C=O) groups is 2. The third-order valence-corrected chi connectivity index (χ3v) is 6.93. The van der Waals surface area contributed by atoms with Gasteiger partial charge in [-0.25, -0.2) is 9.69 Å². The fourth-order valence-electron chi connectivity index (χ4n) is 4.82. The average Bonchev–Trinajstić information content (AvgIpc) is 2.85. The van der Waals surface area contributed by atoms with E-state index in [0.717, 1.165) is 24.2 Å². The third-order valence-electron chi connectivity index (χ3n) is 6.93. The number of ether oxygens (including phenoxy) is 1. The Labute approximate surface area is 215 Å². The summed E-state index contributed by atoms with van der Waals surface area (Å²) in [6.07, 6.45) is 6.85. The molecule has 36 heavy (non-hydrogen) atoms. The molecule has 7 nitrogen and oxygen atoms in total. The van der Waals surface area contributed by atoms with Gasteiger partial charge in [0.2, 0.25) is 0 Å². The Bertz CT molecular complexity index is 1040. The van der Waals surface area contributed by atoms with Crippen LogP contribution >= 0.6 is 0 Å². The average molecular weight is 496 g/mol. The molecule has 0 spiro atoms. The topological polar surface area (TPSA) is 96.1 Å². The van der Waals surface area contributed by atoms with E-state index in [1.54, 1.807) is 17.9 Å². The first kappa shape index (κ1) is 27.5. The first-order chi connectivity index (χ1) is 17.0. The molecular weight excluding hydrogens is 454 g/mol. The van der Waals surface area contributed by atoms with Crippen molar-refractivity contribution in [1.82, 2.24) is 0 Å². The van der Waals surface area contributed by atoms with E-state index in [1.807, 2.05) is 51.1 Å². The second-order valence-electron chi connectivity index (χ2n) is 10.8. The molecule has 0 radical (unpaired) electrons. The molecule has 196 valence electrons. The molecule has 1 atom stereocenters. The summed E-state index contributed by atoms with van der Waals surface area (Å²) in [5.74, 6) is 0.262. The Morgan fingerprint density at radius 2 is 1.75 bits per heavy atom. The van der Waals surface area contributed by atoms with Crippen LogP contribution in [0, 0.1) is 5.92 Å². The summed E-state index contributed by atoms with van der Waals surface area (Å²) in [7, 11) is 1.52. The van der Waals surface area contributed by atoms with Crippen LogP contribution in [0.1, 0.15) is 71.8 Å². The van der Waals surface area contributed by atoms with Crippen LogP contribution < -0.4 is 20.3 Å². The molecule has 0 aliphatic heterocycles. The van der Waals surface area contributed by atoms with Gasteiger partial charge in [0.05, 0.1) is 18.8 Å². The summed E-state index contributed by atoms with van der Waals surface area (Å²) in [6.45, 7) is 7.86. The number of hydrogen-bond acceptors (Lipinski definition) is 5. The number of anilines is 2. The van der Waals surface area contributed by atoms with Gasteiger partial charge in [0.25, 0.3) is 5.91 Å². The van der Waals surface area contributed by atoms with E-state index in [9.17, 15) is 14.7 Å². The van der Waals surface area contributed by atoms with Gasteiger partial charge < -0.3 is 15.6 Å². The molecule has 0 heterocycles. The molecule has 0 aromatic heterocycles. The minimum Gasteiger partial charge on any atom is -0.505 e. The van der Waals surface area contributed by atoms with Gasteiger partial charge in [0.1, 0.15) is 11.5 Å². The molecule has 3 rings (SSSR count). The van der Waals surface area contributed by atoms with E-state index in [2.05, 4.69) is 0 Å². The maximum Gasteiger partial charge on any atom is 0.336 e. The zero-order chi connectivity index (χ0) is 26.5. The zero-order valence-electron chi connectivity index (χ0n) is 22.3.